The Hall–Kier alpha value is -6.88. The van der Waals surface area contributed by atoms with Gasteiger partial charge in [0.05, 0.1) is 57.6 Å². The molecule has 0 radical (unpaired) electrons. The molecule has 10 heteroatoms. The molecule has 2 aliphatic heterocycles. The summed E-state index contributed by atoms with van der Waals surface area (Å²) >= 11 is 2.32. The van der Waals surface area contributed by atoms with E-state index in [1.807, 2.05) is 0 Å². The van der Waals surface area contributed by atoms with Crippen LogP contribution in [0.2, 0.25) is 0 Å². The van der Waals surface area contributed by atoms with Gasteiger partial charge in [-0.25, -0.2) is 9.97 Å². The van der Waals surface area contributed by atoms with E-state index in [1.54, 1.807) is 0 Å². The Balaban J connectivity index is 1.02. The van der Waals surface area contributed by atoms with E-state index in [0.717, 1.165) is 57.3 Å². The lowest BCUT2D eigenvalue weighted by Gasteiger charge is -2.42. The summed E-state index contributed by atoms with van der Waals surface area (Å²) in [5, 5.41) is 0. The summed E-state index contributed by atoms with van der Waals surface area (Å²) in [5.41, 5.74) is 19.3. The van der Waals surface area contributed by atoms with Gasteiger partial charge in [-0.2, -0.15) is 17.5 Å². The maximum absolute atomic E-state index is 5.43. The van der Waals surface area contributed by atoms with Crippen molar-refractivity contribution in [2.75, 3.05) is 9.80 Å². The van der Waals surface area contributed by atoms with Crippen molar-refractivity contribution in [2.24, 2.45) is 0 Å². The highest BCUT2D eigenvalue weighted by atomic mass is 32.1. The van der Waals surface area contributed by atoms with Crippen LogP contribution in [0.15, 0.2) is 146 Å². The second-order valence-corrected chi connectivity index (χ2v) is 17.7. The van der Waals surface area contributed by atoms with Crippen molar-refractivity contribution in [3.8, 4) is 22.5 Å². The second-order valence-electron chi connectivity index (χ2n) is 16.6. The number of nitrogens with zero attached hydrogens (tertiary/aromatic N) is 8. The van der Waals surface area contributed by atoms with Gasteiger partial charge in [-0.3, -0.25) is 0 Å². The zero-order valence-corrected chi connectivity index (χ0v) is 34.9. The number of hydrogen-bond donors (Lipinski definition) is 0. The number of aromatic nitrogens is 6. The zero-order chi connectivity index (χ0) is 40.3. The van der Waals surface area contributed by atoms with Gasteiger partial charge in [-0.05, 0) is 70.8 Å². The molecule has 0 N–H and O–H groups in total. The van der Waals surface area contributed by atoms with Crippen LogP contribution in [0.1, 0.15) is 49.9 Å². The molecule has 7 aromatic carbocycles. The van der Waals surface area contributed by atoms with Crippen molar-refractivity contribution in [3.63, 3.8) is 0 Å². The molecule has 0 spiro atoms. The molecule has 12 rings (SSSR count). The fourth-order valence-corrected chi connectivity index (χ4v) is 10.7. The molecule has 5 heterocycles. The first-order valence-electron chi connectivity index (χ1n) is 20.1. The van der Waals surface area contributed by atoms with Gasteiger partial charge < -0.3 is 9.80 Å². The van der Waals surface area contributed by atoms with Crippen LogP contribution in [0.5, 0.6) is 0 Å². The third-order valence-electron chi connectivity index (χ3n) is 12.6. The smallest absolute Gasteiger partial charge is 0.136 e. The summed E-state index contributed by atoms with van der Waals surface area (Å²) in [5.74, 6) is 0. The van der Waals surface area contributed by atoms with Gasteiger partial charge in [-0.15, -0.1) is 0 Å². The summed E-state index contributed by atoms with van der Waals surface area (Å²) in [7, 11) is 0. The third kappa shape index (κ3) is 4.95. The normalized spacial score (nSPS) is 14.9. The predicted octanol–water partition coefficient (Wildman–Crippen LogP) is 13.2. The Labute approximate surface area is 355 Å². The molecule has 0 aliphatic carbocycles. The average molecular weight is 813 g/mol. The fourth-order valence-electron chi connectivity index (χ4n) is 9.60. The SMILES string of the molecule is CC1(C)c2ccccc2N(c2ccc(-c3nc4c5nsnc5c5nsnc5c4nc3-c3ccc(N4c5ccccc5C(C)(C)c5ccccc54)cc3)cc2)c2ccccc21. The fraction of sp³-hybridized carbons (Fsp3) is 0.120. The highest BCUT2D eigenvalue weighted by Crippen LogP contribution is 2.53. The van der Waals surface area contributed by atoms with Gasteiger partial charge in [0, 0.05) is 33.3 Å². The lowest BCUT2D eigenvalue weighted by atomic mass is 9.73. The number of rotatable bonds is 4. The minimum absolute atomic E-state index is 0.139. The van der Waals surface area contributed by atoms with Crippen molar-refractivity contribution < 1.29 is 0 Å². The van der Waals surface area contributed by atoms with E-state index in [-0.39, 0.29) is 10.8 Å². The molecule has 2 aliphatic rings. The number of anilines is 6. The summed E-state index contributed by atoms with van der Waals surface area (Å²) in [6.45, 7) is 9.25. The molecule has 288 valence electrons. The van der Waals surface area contributed by atoms with Crippen LogP contribution in [-0.2, 0) is 10.8 Å². The van der Waals surface area contributed by atoms with Crippen LogP contribution in [-0.4, -0.2) is 27.5 Å². The van der Waals surface area contributed by atoms with Gasteiger partial charge in [0.1, 0.15) is 33.1 Å². The molecule has 0 saturated carbocycles. The summed E-state index contributed by atoms with van der Waals surface area (Å²) in [4.78, 5) is 15.6. The van der Waals surface area contributed by atoms with Crippen molar-refractivity contribution in [1.29, 1.82) is 0 Å². The van der Waals surface area contributed by atoms with Crippen molar-refractivity contribution >= 4 is 90.7 Å². The third-order valence-corrected chi connectivity index (χ3v) is 13.7. The Morgan fingerprint density at radius 2 is 0.633 bits per heavy atom. The maximum Gasteiger partial charge on any atom is 0.136 e. The molecule has 8 nitrogen and oxygen atoms in total. The average Bonchev–Trinajstić information content (AvgIpc) is 3.99. The second kappa shape index (κ2) is 12.8. The van der Waals surface area contributed by atoms with Crippen molar-refractivity contribution in [3.05, 3.63) is 168 Å². The lowest BCUT2D eigenvalue weighted by molar-refractivity contribution is 0.632. The van der Waals surface area contributed by atoms with E-state index >= 15 is 0 Å². The quantitative estimate of drug-likeness (QED) is 0.174. The molecule has 0 fully saturated rings. The molecule has 3 aromatic heterocycles. The minimum Gasteiger partial charge on any atom is -0.310 e. The topological polar surface area (TPSA) is 83.8 Å². The van der Waals surface area contributed by atoms with Crippen molar-refractivity contribution in [1.82, 2.24) is 27.5 Å². The van der Waals surface area contributed by atoms with Gasteiger partial charge in [0.25, 0.3) is 0 Å². The summed E-state index contributed by atoms with van der Waals surface area (Å²) in [6, 6.07) is 52.4. The largest absolute Gasteiger partial charge is 0.310 e. The zero-order valence-electron chi connectivity index (χ0n) is 33.3. The number of hydrogen-bond acceptors (Lipinski definition) is 10. The van der Waals surface area contributed by atoms with E-state index in [0.29, 0.717) is 33.1 Å². The highest BCUT2D eigenvalue weighted by Gasteiger charge is 2.38. The number of para-hydroxylation sites is 4. The van der Waals surface area contributed by atoms with E-state index < -0.39 is 0 Å². The Morgan fingerprint density at radius 1 is 0.350 bits per heavy atom. The Morgan fingerprint density at radius 3 is 0.950 bits per heavy atom. The standard InChI is InChI=1S/C50H36N8S2/c1-49(2)33-13-5-9-17-37(33)57(38-18-10-6-14-34(38)49)31-25-21-29(22-26-31)41-42(52-44-43(51-41)45-47(55-59-53-45)48-46(44)54-60-56-48)30-23-27-32(28-24-30)58-39-19-11-7-15-35(39)50(3,4)36-16-8-12-20-40(36)58/h5-28H,1-4H3. The van der Waals surface area contributed by atoms with E-state index in [4.69, 9.17) is 18.7 Å². The molecule has 0 amide bonds. The van der Waals surface area contributed by atoms with Crippen LogP contribution < -0.4 is 9.80 Å². The van der Waals surface area contributed by atoms with Crippen LogP contribution in [0.3, 0.4) is 0 Å². The Bertz CT molecular complexity index is 3030. The molecule has 0 unspecified atom stereocenters. The van der Waals surface area contributed by atoms with Gasteiger partial charge in [0.15, 0.2) is 0 Å². The van der Waals surface area contributed by atoms with Crippen LogP contribution in [0.4, 0.5) is 34.1 Å². The van der Waals surface area contributed by atoms with E-state index in [2.05, 4.69) is 192 Å². The Kier molecular flexibility index (Phi) is 7.49. The van der Waals surface area contributed by atoms with E-state index in [1.165, 1.54) is 45.0 Å². The number of benzene rings is 7. The van der Waals surface area contributed by atoms with Crippen LogP contribution >= 0.6 is 23.5 Å². The first kappa shape index (κ1) is 35.1. The summed E-state index contributed by atoms with van der Waals surface area (Å²) < 4.78 is 18.6. The highest BCUT2D eigenvalue weighted by molar-refractivity contribution is 7.01. The molecule has 10 aromatic rings. The minimum atomic E-state index is -0.139. The number of fused-ring (bicyclic) bond motifs is 10. The van der Waals surface area contributed by atoms with Gasteiger partial charge >= 0.3 is 0 Å². The summed E-state index contributed by atoms with van der Waals surface area (Å²) in [6.07, 6.45) is 0. The first-order valence-corrected chi connectivity index (χ1v) is 21.5. The van der Waals surface area contributed by atoms with Gasteiger partial charge in [-0.1, -0.05) is 125 Å². The van der Waals surface area contributed by atoms with Gasteiger partial charge in [0.2, 0.25) is 0 Å². The molecule has 0 bridgehead atoms. The lowest BCUT2D eigenvalue weighted by Crippen LogP contribution is -2.30. The molecule has 0 atom stereocenters. The predicted molar refractivity (Wildman–Crippen MR) is 246 cm³/mol. The van der Waals surface area contributed by atoms with Crippen molar-refractivity contribution in [2.45, 2.75) is 38.5 Å². The first-order chi connectivity index (χ1) is 29.3. The van der Waals surface area contributed by atoms with Crippen LogP contribution in [0.25, 0.3) is 55.6 Å². The molecule has 0 saturated heterocycles. The van der Waals surface area contributed by atoms with E-state index in [9.17, 15) is 0 Å². The molecular formula is C50H36N8S2. The monoisotopic (exact) mass is 812 g/mol. The molecule has 60 heavy (non-hydrogen) atoms. The van der Waals surface area contributed by atoms with Crippen LogP contribution in [0, 0.1) is 0 Å². The molecular weight excluding hydrogens is 777 g/mol. The maximum atomic E-state index is 5.43.